The highest BCUT2D eigenvalue weighted by molar-refractivity contribution is 9.09. The Kier molecular flexibility index (Phi) is 5.07. The highest BCUT2D eigenvalue weighted by Crippen LogP contribution is 2.23. The number of hydrogen-bond acceptors (Lipinski definition) is 0. The van der Waals surface area contributed by atoms with Crippen molar-refractivity contribution in [1.29, 1.82) is 0 Å². The predicted molar refractivity (Wildman–Crippen MR) is 56.2 cm³/mol. The fraction of sp³-hybridized carbons (Fsp3) is 0.800. The fourth-order valence-electron chi connectivity index (χ4n) is 0.806. The van der Waals surface area contributed by atoms with Crippen LogP contribution < -0.4 is 0 Å². The smallest absolute Gasteiger partial charge is 0.0214 e. The molecular formula is C10H19Br. The molecule has 0 rings (SSSR count). The Balaban J connectivity index is 3.62. The van der Waals surface area contributed by atoms with Crippen molar-refractivity contribution in [3.05, 3.63) is 11.6 Å². The maximum Gasteiger partial charge on any atom is 0.0214 e. The lowest BCUT2D eigenvalue weighted by Crippen LogP contribution is -2.04. The molecule has 66 valence electrons. The molecule has 0 radical (unpaired) electrons. The summed E-state index contributed by atoms with van der Waals surface area (Å²) in [7, 11) is 0. The summed E-state index contributed by atoms with van der Waals surface area (Å²) in [6.07, 6.45) is 4.75. The Bertz CT molecular complexity index is 128. The third-order valence-electron chi connectivity index (χ3n) is 1.69. The van der Waals surface area contributed by atoms with Crippen LogP contribution in [0.3, 0.4) is 0 Å². The van der Waals surface area contributed by atoms with Crippen LogP contribution in [0, 0.1) is 5.41 Å². The van der Waals surface area contributed by atoms with E-state index >= 15 is 0 Å². The van der Waals surface area contributed by atoms with E-state index in [0.717, 1.165) is 5.33 Å². The molecular weight excluding hydrogens is 200 g/mol. The summed E-state index contributed by atoms with van der Waals surface area (Å²) >= 11 is 3.39. The van der Waals surface area contributed by atoms with Gasteiger partial charge in [-0.1, -0.05) is 48.4 Å². The average Bonchev–Trinajstić information content (AvgIpc) is 1.83. The first-order valence-corrected chi connectivity index (χ1v) is 5.29. The third-order valence-corrected chi connectivity index (χ3v) is 2.02. The summed E-state index contributed by atoms with van der Waals surface area (Å²) in [6, 6.07) is 0. The standard InChI is InChI=1S/C10H19Br/c1-9(6-8-11)5-7-10(2,3)4/h6H,5,7-8H2,1-4H3/b9-6+. The molecule has 0 amide bonds. The Morgan fingerprint density at radius 3 is 2.27 bits per heavy atom. The minimum absolute atomic E-state index is 0.474. The van der Waals surface area contributed by atoms with E-state index in [0.29, 0.717) is 5.41 Å². The molecule has 11 heavy (non-hydrogen) atoms. The molecule has 0 saturated carbocycles. The van der Waals surface area contributed by atoms with Crippen molar-refractivity contribution in [1.82, 2.24) is 0 Å². The summed E-state index contributed by atoms with van der Waals surface area (Å²) in [5.74, 6) is 0. The van der Waals surface area contributed by atoms with E-state index in [9.17, 15) is 0 Å². The summed E-state index contributed by atoms with van der Waals surface area (Å²) < 4.78 is 0. The van der Waals surface area contributed by atoms with Gasteiger partial charge in [-0.2, -0.15) is 0 Å². The van der Waals surface area contributed by atoms with Gasteiger partial charge < -0.3 is 0 Å². The topological polar surface area (TPSA) is 0 Å². The zero-order valence-electron chi connectivity index (χ0n) is 8.08. The van der Waals surface area contributed by atoms with Crippen molar-refractivity contribution in [2.24, 2.45) is 5.41 Å². The lowest BCUT2D eigenvalue weighted by molar-refractivity contribution is 0.377. The molecule has 0 aliphatic heterocycles. The first kappa shape index (κ1) is 11.2. The molecule has 0 unspecified atom stereocenters. The Labute approximate surface area is 79.2 Å². The Morgan fingerprint density at radius 2 is 1.91 bits per heavy atom. The third kappa shape index (κ3) is 8.12. The quantitative estimate of drug-likeness (QED) is 0.494. The van der Waals surface area contributed by atoms with Crippen molar-refractivity contribution in [2.45, 2.75) is 40.5 Å². The van der Waals surface area contributed by atoms with Gasteiger partial charge in [0.15, 0.2) is 0 Å². The van der Waals surface area contributed by atoms with E-state index in [1.807, 2.05) is 0 Å². The largest absolute Gasteiger partial charge is 0.0883 e. The van der Waals surface area contributed by atoms with Crippen molar-refractivity contribution < 1.29 is 0 Å². The molecule has 0 fully saturated rings. The molecule has 0 bridgehead atoms. The molecule has 0 heterocycles. The highest BCUT2D eigenvalue weighted by atomic mass is 79.9. The van der Waals surface area contributed by atoms with Gasteiger partial charge in [-0.3, -0.25) is 0 Å². The van der Waals surface area contributed by atoms with Crippen LogP contribution in [0.2, 0.25) is 0 Å². The second kappa shape index (κ2) is 4.97. The van der Waals surface area contributed by atoms with Gasteiger partial charge >= 0.3 is 0 Å². The van der Waals surface area contributed by atoms with E-state index < -0.39 is 0 Å². The van der Waals surface area contributed by atoms with Crippen molar-refractivity contribution in [2.75, 3.05) is 5.33 Å². The lowest BCUT2D eigenvalue weighted by atomic mass is 9.89. The van der Waals surface area contributed by atoms with E-state index in [-0.39, 0.29) is 0 Å². The minimum atomic E-state index is 0.474. The van der Waals surface area contributed by atoms with Crippen molar-refractivity contribution in [3.8, 4) is 0 Å². The second-order valence-corrected chi connectivity index (χ2v) is 4.91. The van der Waals surface area contributed by atoms with Gasteiger partial charge in [0, 0.05) is 5.33 Å². The molecule has 1 heteroatoms. The van der Waals surface area contributed by atoms with Crippen LogP contribution in [0.25, 0.3) is 0 Å². The van der Waals surface area contributed by atoms with Gasteiger partial charge in [0.25, 0.3) is 0 Å². The van der Waals surface area contributed by atoms with Crippen molar-refractivity contribution in [3.63, 3.8) is 0 Å². The molecule has 0 aromatic rings. The van der Waals surface area contributed by atoms with Crippen LogP contribution in [0.15, 0.2) is 11.6 Å². The molecule has 0 atom stereocenters. The lowest BCUT2D eigenvalue weighted by Gasteiger charge is -2.17. The predicted octanol–water partition coefficient (Wildman–Crippen LogP) is 4.15. The van der Waals surface area contributed by atoms with E-state index in [1.54, 1.807) is 0 Å². The molecule has 0 aromatic carbocycles. The molecule has 0 saturated heterocycles. The van der Waals surface area contributed by atoms with E-state index in [2.05, 4.69) is 49.7 Å². The zero-order chi connectivity index (χ0) is 8.91. The van der Waals surface area contributed by atoms with Crippen molar-refractivity contribution >= 4 is 15.9 Å². The Morgan fingerprint density at radius 1 is 1.36 bits per heavy atom. The van der Waals surface area contributed by atoms with Crippen LogP contribution in [0.5, 0.6) is 0 Å². The van der Waals surface area contributed by atoms with Crippen LogP contribution in [0.1, 0.15) is 40.5 Å². The fourth-order valence-corrected chi connectivity index (χ4v) is 1.36. The Hall–Kier alpha value is 0.220. The highest BCUT2D eigenvalue weighted by Gasteiger charge is 2.08. The van der Waals surface area contributed by atoms with Gasteiger partial charge in [0.1, 0.15) is 0 Å². The molecule has 0 spiro atoms. The SMILES string of the molecule is C/C(=C\CBr)CCC(C)(C)C. The second-order valence-electron chi connectivity index (χ2n) is 4.27. The van der Waals surface area contributed by atoms with Crippen LogP contribution in [0.4, 0.5) is 0 Å². The molecule has 0 N–H and O–H groups in total. The number of rotatable bonds is 3. The molecule has 0 aromatic heterocycles. The van der Waals surface area contributed by atoms with Gasteiger partial charge in [0.05, 0.1) is 0 Å². The van der Waals surface area contributed by atoms with Crippen LogP contribution in [-0.2, 0) is 0 Å². The number of alkyl halides is 1. The van der Waals surface area contributed by atoms with Gasteiger partial charge in [0.2, 0.25) is 0 Å². The number of hydrogen-bond donors (Lipinski definition) is 0. The molecule has 0 aliphatic carbocycles. The van der Waals surface area contributed by atoms with E-state index in [4.69, 9.17) is 0 Å². The number of allylic oxidation sites excluding steroid dienone is 2. The van der Waals surface area contributed by atoms with Gasteiger partial charge in [-0.15, -0.1) is 0 Å². The van der Waals surface area contributed by atoms with Crippen LogP contribution in [-0.4, -0.2) is 5.33 Å². The normalized spacial score (nSPS) is 13.7. The minimum Gasteiger partial charge on any atom is -0.0883 e. The summed E-state index contributed by atoms with van der Waals surface area (Å²) in [6.45, 7) is 9.06. The maximum absolute atomic E-state index is 3.39. The summed E-state index contributed by atoms with van der Waals surface area (Å²) in [5.41, 5.74) is 1.97. The maximum atomic E-state index is 3.39. The summed E-state index contributed by atoms with van der Waals surface area (Å²) in [5, 5.41) is 0.989. The van der Waals surface area contributed by atoms with Gasteiger partial charge in [-0.25, -0.2) is 0 Å². The van der Waals surface area contributed by atoms with Crippen LogP contribution >= 0.6 is 15.9 Å². The zero-order valence-corrected chi connectivity index (χ0v) is 9.66. The first-order chi connectivity index (χ1) is 4.95. The molecule has 0 aliphatic rings. The monoisotopic (exact) mass is 218 g/mol. The van der Waals surface area contributed by atoms with Gasteiger partial charge in [-0.05, 0) is 25.2 Å². The first-order valence-electron chi connectivity index (χ1n) is 4.17. The number of halogens is 1. The average molecular weight is 219 g/mol. The summed E-state index contributed by atoms with van der Waals surface area (Å²) in [4.78, 5) is 0. The molecule has 0 nitrogen and oxygen atoms in total. The van der Waals surface area contributed by atoms with E-state index in [1.165, 1.54) is 18.4 Å².